The van der Waals surface area contributed by atoms with Crippen molar-refractivity contribution in [1.82, 2.24) is 0 Å². The molecule has 34 heavy (non-hydrogen) atoms. The third-order valence-corrected chi connectivity index (χ3v) is 7.07. The number of carboxylic acids is 1. The largest absolute Gasteiger partial charge is 0.477 e. The second kappa shape index (κ2) is 19.8. The van der Waals surface area contributed by atoms with Crippen molar-refractivity contribution < 1.29 is 14.4 Å². The molecule has 0 fully saturated rings. The van der Waals surface area contributed by atoms with Crippen molar-refractivity contribution in [3.05, 3.63) is 24.6 Å². The van der Waals surface area contributed by atoms with Crippen LogP contribution in [-0.2, 0) is 4.79 Å². The van der Waals surface area contributed by atoms with Gasteiger partial charge < -0.3 is 5.11 Å². The fourth-order valence-corrected chi connectivity index (χ4v) is 4.83. The summed E-state index contributed by atoms with van der Waals surface area (Å²) in [7, 11) is 0. The van der Waals surface area contributed by atoms with Gasteiger partial charge in [0.25, 0.3) is 0 Å². The monoisotopic (exact) mass is 476 g/mol. The zero-order valence-electron chi connectivity index (χ0n) is 22.4. The Morgan fingerprint density at radius 3 is 1.82 bits per heavy atom. The summed E-state index contributed by atoms with van der Waals surface area (Å²) >= 11 is 0. The lowest BCUT2D eigenvalue weighted by Gasteiger charge is -2.34. The molecule has 1 heterocycles. The Balaban J connectivity index is 1.93. The summed E-state index contributed by atoms with van der Waals surface area (Å²) in [5.74, 6) is 0.0214. The Morgan fingerprint density at radius 2 is 1.35 bits per heavy atom. The van der Waals surface area contributed by atoms with Crippen LogP contribution in [0.3, 0.4) is 0 Å². The van der Waals surface area contributed by atoms with Gasteiger partial charge >= 0.3 is 5.97 Å². The molecule has 0 aromatic carbocycles. The molecule has 5 heteroatoms. The number of aliphatic imine (C=N–C) groups is 1. The number of nitrogens with zero attached hydrogens (tertiary/aromatic N) is 2. The van der Waals surface area contributed by atoms with E-state index < -0.39 is 5.97 Å². The van der Waals surface area contributed by atoms with Gasteiger partial charge in [0.2, 0.25) is 5.84 Å². The van der Waals surface area contributed by atoms with E-state index in [1.807, 2.05) is 13.1 Å². The quantitative estimate of drug-likeness (QED) is 0.0889. The summed E-state index contributed by atoms with van der Waals surface area (Å²) in [6.07, 6.45) is 32.8. The molecule has 0 bridgehead atoms. The third kappa shape index (κ3) is 13.4. The molecule has 1 rings (SSSR count). The van der Waals surface area contributed by atoms with Crippen LogP contribution in [0, 0.1) is 0 Å². The molecule has 0 saturated carbocycles. The first-order chi connectivity index (χ1) is 16.5. The molecule has 3 N–H and O–H groups in total. The fraction of sp³-hybridized carbons (Fsp3) is 0.793. The van der Waals surface area contributed by atoms with E-state index in [1.54, 1.807) is 6.20 Å². The first-order valence-electron chi connectivity index (χ1n) is 14.3. The van der Waals surface area contributed by atoms with Gasteiger partial charge in [0.15, 0.2) is 6.54 Å². The van der Waals surface area contributed by atoms with Crippen LogP contribution < -0.4 is 5.73 Å². The molecule has 0 amide bonds. The van der Waals surface area contributed by atoms with Gasteiger partial charge in [-0.2, -0.15) is 0 Å². The van der Waals surface area contributed by atoms with E-state index in [4.69, 9.17) is 5.73 Å². The minimum Gasteiger partial charge on any atom is -0.477 e. The summed E-state index contributed by atoms with van der Waals surface area (Å²) in [4.78, 5) is 15.7. The molecule has 196 valence electrons. The maximum Gasteiger partial charge on any atom is 0.360 e. The SMILES string of the molecule is CCCCCCCCCCCCCCCCC/C=C/CCCC1=NC=C[N+]1(CC(=O)O)C(C)N. The molecule has 0 aliphatic carbocycles. The van der Waals surface area contributed by atoms with Gasteiger partial charge in [-0.05, 0) is 25.7 Å². The highest BCUT2D eigenvalue weighted by Crippen LogP contribution is 2.23. The van der Waals surface area contributed by atoms with Crippen molar-refractivity contribution in [3.63, 3.8) is 0 Å². The van der Waals surface area contributed by atoms with E-state index in [1.165, 1.54) is 103 Å². The topological polar surface area (TPSA) is 75.7 Å². The number of quaternary nitrogens is 1. The molecular weight excluding hydrogens is 422 g/mol. The smallest absolute Gasteiger partial charge is 0.360 e. The van der Waals surface area contributed by atoms with Crippen molar-refractivity contribution in [2.75, 3.05) is 6.54 Å². The molecule has 0 saturated heterocycles. The van der Waals surface area contributed by atoms with E-state index >= 15 is 0 Å². The van der Waals surface area contributed by atoms with Gasteiger partial charge in [0.05, 0.1) is 6.20 Å². The normalized spacial score (nSPS) is 18.6. The van der Waals surface area contributed by atoms with Crippen LogP contribution in [-0.4, -0.2) is 34.1 Å². The number of rotatable bonds is 23. The maximum atomic E-state index is 11.3. The van der Waals surface area contributed by atoms with Crippen molar-refractivity contribution in [1.29, 1.82) is 0 Å². The average molecular weight is 477 g/mol. The number of allylic oxidation sites excluding steroid dienone is 2. The molecule has 2 atom stereocenters. The molecule has 0 aromatic heterocycles. The average Bonchev–Trinajstić information content (AvgIpc) is 3.20. The van der Waals surface area contributed by atoms with Crippen molar-refractivity contribution in [3.8, 4) is 0 Å². The Kier molecular flexibility index (Phi) is 17.8. The summed E-state index contributed by atoms with van der Waals surface area (Å²) < 4.78 is 0.151. The Labute approximate surface area is 210 Å². The van der Waals surface area contributed by atoms with Gasteiger partial charge in [0.1, 0.15) is 12.4 Å². The van der Waals surface area contributed by atoms with E-state index in [0.29, 0.717) is 0 Å². The summed E-state index contributed by atoms with van der Waals surface area (Å²) in [5, 5.41) is 9.28. The highest BCUT2D eigenvalue weighted by molar-refractivity contribution is 5.81. The fourth-order valence-electron chi connectivity index (χ4n) is 4.83. The highest BCUT2D eigenvalue weighted by atomic mass is 16.4. The Morgan fingerprint density at radius 1 is 0.882 bits per heavy atom. The predicted octanol–water partition coefficient (Wildman–Crippen LogP) is 8.06. The van der Waals surface area contributed by atoms with Gasteiger partial charge in [-0.15, -0.1) is 0 Å². The molecule has 1 aliphatic rings. The van der Waals surface area contributed by atoms with Crippen LogP contribution in [0.5, 0.6) is 0 Å². The lowest BCUT2D eigenvalue weighted by atomic mass is 10.0. The van der Waals surface area contributed by atoms with Crippen LogP contribution in [0.4, 0.5) is 0 Å². The third-order valence-electron chi connectivity index (χ3n) is 7.07. The minimum absolute atomic E-state index is 0.0396. The van der Waals surface area contributed by atoms with Crippen LogP contribution >= 0.6 is 0 Å². The zero-order valence-corrected chi connectivity index (χ0v) is 22.4. The van der Waals surface area contributed by atoms with Crippen molar-refractivity contribution in [2.24, 2.45) is 10.7 Å². The second-order valence-corrected chi connectivity index (χ2v) is 10.2. The van der Waals surface area contributed by atoms with E-state index in [2.05, 4.69) is 24.1 Å². The summed E-state index contributed by atoms with van der Waals surface area (Å²) in [6, 6.07) is 0. The number of amidine groups is 1. The molecular formula is C29H54N3O2+. The number of aliphatic carboxylic acids is 1. The second-order valence-electron chi connectivity index (χ2n) is 10.2. The number of carbonyl (C=O) groups is 1. The van der Waals surface area contributed by atoms with Crippen LogP contribution in [0.2, 0.25) is 0 Å². The van der Waals surface area contributed by atoms with Crippen LogP contribution in [0.1, 0.15) is 136 Å². The number of nitrogens with two attached hydrogens (primary N) is 1. The molecule has 0 spiro atoms. The van der Waals surface area contributed by atoms with Crippen molar-refractivity contribution in [2.45, 2.75) is 142 Å². The van der Waals surface area contributed by atoms with Crippen LogP contribution in [0.15, 0.2) is 29.5 Å². The van der Waals surface area contributed by atoms with Gasteiger partial charge in [-0.1, -0.05) is 109 Å². The number of hydrogen-bond donors (Lipinski definition) is 2. The van der Waals surface area contributed by atoms with Gasteiger partial charge in [0, 0.05) is 13.3 Å². The van der Waals surface area contributed by atoms with E-state index in [9.17, 15) is 9.90 Å². The molecule has 0 aromatic rings. The lowest BCUT2D eigenvalue weighted by molar-refractivity contribution is -0.805. The minimum atomic E-state index is -0.847. The molecule has 2 unspecified atom stereocenters. The van der Waals surface area contributed by atoms with Crippen LogP contribution in [0.25, 0.3) is 0 Å². The lowest BCUT2D eigenvalue weighted by Crippen LogP contribution is -2.59. The summed E-state index contributed by atoms with van der Waals surface area (Å²) in [6.45, 7) is 4.10. The van der Waals surface area contributed by atoms with Gasteiger partial charge in [-0.3, -0.25) is 5.73 Å². The first-order valence-corrected chi connectivity index (χ1v) is 14.3. The standard InChI is InChI=1S/C29H53N3O2/c1-3-4-5-6-7-8-9-10-11-12-13-14-15-16-17-18-19-20-21-22-23-28-31-24-25-32(28,27(2)30)26-29(33)34/h19-20,24-25,27H,3-18,21-23,26,30H2,1-2H3/p+1/b20-19+. The zero-order chi connectivity index (χ0) is 24.9. The molecule has 1 aliphatic heterocycles. The first kappa shape index (κ1) is 30.6. The Bertz CT molecular complexity index is 612. The van der Waals surface area contributed by atoms with E-state index in [-0.39, 0.29) is 17.2 Å². The maximum absolute atomic E-state index is 11.3. The number of unbranched alkanes of at least 4 members (excludes halogenated alkanes) is 16. The van der Waals surface area contributed by atoms with Crippen molar-refractivity contribution >= 4 is 11.8 Å². The molecule has 5 nitrogen and oxygen atoms in total. The number of hydrogen-bond acceptors (Lipinski definition) is 3. The number of carboxylic acid groups (broad SMARTS) is 1. The summed E-state index contributed by atoms with van der Waals surface area (Å²) in [5.41, 5.74) is 6.11. The van der Waals surface area contributed by atoms with E-state index in [0.717, 1.165) is 25.1 Å². The highest BCUT2D eigenvalue weighted by Gasteiger charge is 2.40. The Hall–Kier alpha value is -1.46. The molecule has 0 radical (unpaired) electrons. The van der Waals surface area contributed by atoms with Gasteiger partial charge in [-0.25, -0.2) is 14.3 Å². The predicted molar refractivity (Wildman–Crippen MR) is 146 cm³/mol.